The van der Waals surface area contributed by atoms with Crippen LogP contribution in [0, 0.1) is 10.1 Å². The van der Waals surface area contributed by atoms with E-state index in [-0.39, 0.29) is 23.6 Å². The van der Waals surface area contributed by atoms with Gasteiger partial charge in [0.2, 0.25) is 5.69 Å². The number of aromatic nitrogens is 3. The van der Waals surface area contributed by atoms with Crippen molar-refractivity contribution in [2.75, 3.05) is 14.2 Å². The summed E-state index contributed by atoms with van der Waals surface area (Å²) in [6.45, 7) is 0.0758. The van der Waals surface area contributed by atoms with Gasteiger partial charge >= 0.3 is 11.9 Å². The van der Waals surface area contributed by atoms with Crippen molar-refractivity contribution >= 4 is 17.6 Å². The third kappa shape index (κ3) is 3.31. The average molecular weight is 320 g/mol. The first-order valence-corrected chi connectivity index (χ1v) is 6.31. The maximum Gasteiger partial charge on any atom is 0.361 e. The van der Waals surface area contributed by atoms with E-state index in [0.717, 1.165) is 14.2 Å². The van der Waals surface area contributed by atoms with Crippen LogP contribution in [0.5, 0.6) is 0 Å². The maximum atomic E-state index is 11.9. The van der Waals surface area contributed by atoms with E-state index in [1.165, 1.54) is 28.9 Å². The predicted octanol–water partition coefficient (Wildman–Crippen LogP) is 0.808. The first kappa shape index (κ1) is 16.1. The van der Waals surface area contributed by atoms with E-state index in [9.17, 15) is 19.7 Å². The molecule has 0 unspecified atom stereocenters. The van der Waals surface area contributed by atoms with Gasteiger partial charge in [-0.05, 0) is 5.56 Å². The number of carbonyl (C=O) groups is 2. The van der Waals surface area contributed by atoms with Crippen molar-refractivity contribution < 1.29 is 24.0 Å². The minimum atomic E-state index is -0.819. The van der Waals surface area contributed by atoms with Crippen LogP contribution in [-0.2, 0) is 16.0 Å². The Morgan fingerprint density at radius 3 is 2.30 bits per heavy atom. The molecule has 0 N–H and O–H groups in total. The van der Waals surface area contributed by atoms with Crippen LogP contribution < -0.4 is 0 Å². The SMILES string of the molecule is COC(=O)c1nnn(Cc2ccc([N+](=O)[O-])cc2)c1C(=O)OC. The second kappa shape index (κ2) is 6.64. The Hall–Kier alpha value is -3.30. The lowest BCUT2D eigenvalue weighted by molar-refractivity contribution is -0.384. The van der Waals surface area contributed by atoms with Crippen molar-refractivity contribution in [3.63, 3.8) is 0 Å². The smallest absolute Gasteiger partial charge is 0.361 e. The van der Waals surface area contributed by atoms with Crippen molar-refractivity contribution in [2.45, 2.75) is 6.54 Å². The van der Waals surface area contributed by atoms with E-state index >= 15 is 0 Å². The second-order valence-corrected chi connectivity index (χ2v) is 4.35. The molecule has 120 valence electrons. The molecular formula is C13H12N4O6. The highest BCUT2D eigenvalue weighted by atomic mass is 16.6. The molecule has 10 heteroatoms. The van der Waals surface area contributed by atoms with Crippen LogP contribution in [-0.4, -0.2) is 46.1 Å². The van der Waals surface area contributed by atoms with Gasteiger partial charge in [0.1, 0.15) is 0 Å². The summed E-state index contributed by atoms with van der Waals surface area (Å²) in [4.78, 5) is 33.6. The number of nitro benzene ring substituents is 1. The Kier molecular flexibility index (Phi) is 4.64. The van der Waals surface area contributed by atoms with Crippen LogP contribution >= 0.6 is 0 Å². The standard InChI is InChI=1S/C13H12N4O6/c1-22-12(18)10-11(13(19)23-2)16(15-14-10)7-8-3-5-9(6-4-8)17(20)21/h3-6H,7H2,1-2H3. The van der Waals surface area contributed by atoms with Gasteiger partial charge in [-0.1, -0.05) is 17.3 Å². The Labute approximate surface area is 129 Å². The minimum absolute atomic E-state index is 0.0595. The van der Waals surface area contributed by atoms with Crippen molar-refractivity contribution in [3.05, 3.63) is 51.3 Å². The summed E-state index contributed by atoms with van der Waals surface area (Å²) in [5.41, 5.74) is 0.150. The number of esters is 2. The number of nitro groups is 1. The molecule has 1 aromatic heterocycles. The van der Waals surface area contributed by atoms with Gasteiger partial charge < -0.3 is 9.47 Å². The number of nitrogens with zero attached hydrogens (tertiary/aromatic N) is 4. The summed E-state index contributed by atoms with van der Waals surface area (Å²) in [5.74, 6) is -1.61. The van der Waals surface area contributed by atoms with Crippen molar-refractivity contribution in [3.8, 4) is 0 Å². The summed E-state index contributed by atoms with van der Waals surface area (Å²) in [7, 11) is 2.31. The molecule has 0 saturated heterocycles. The number of non-ortho nitro benzene ring substituents is 1. The first-order valence-electron chi connectivity index (χ1n) is 6.31. The molecule has 23 heavy (non-hydrogen) atoms. The predicted molar refractivity (Wildman–Crippen MR) is 74.9 cm³/mol. The fourth-order valence-electron chi connectivity index (χ4n) is 1.85. The minimum Gasteiger partial charge on any atom is -0.464 e. The summed E-state index contributed by atoms with van der Waals surface area (Å²) >= 11 is 0. The van der Waals surface area contributed by atoms with E-state index in [0.29, 0.717) is 5.56 Å². The number of rotatable bonds is 5. The highest BCUT2D eigenvalue weighted by molar-refractivity contribution is 6.00. The summed E-state index contributed by atoms with van der Waals surface area (Å²) in [5, 5.41) is 18.0. The van der Waals surface area contributed by atoms with E-state index in [1.807, 2.05) is 0 Å². The molecule has 0 fully saturated rings. The second-order valence-electron chi connectivity index (χ2n) is 4.35. The van der Waals surface area contributed by atoms with Crippen molar-refractivity contribution in [2.24, 2.45) is 0 Å². The Balaban J connectivity index is 2.35. The zero-order chi connectivity index (χ0) is 17.0. The van der Waals surface area contributed by atoms with Gasteiger partial charge in [-0.25, -0.2) is 14.3 Å². The number of ether oxygens (including phenoxy) is 2. The lowest BCUT2D eigenvalue weighted by Gasteiger charge is -2.06. The average Bonchev–Trinajstić information content (AvgIpc) is 2.97. The summed E-state index contributed by atoms with van der Waals surface area (Å²) < 4.78 is 10.3. The quantitative estimate of drug-likeness (QED) is 0.450. The molecule has 1 aromatic carbocycles. The molecule has 0 saturated carbocycles. The van der Waals surface area contributed by atoms with Crippen molar-refractivity contribution in [1.82, 2.24) is 15.0 Å². The molecule has 1 heterocycles. The molecule has 0 spiro atoms. The van der Waals surface area contributed by atoms with Gasteiger partial charge in [-0.15, -0.1) is 5.10 Å². The molecule has 0 aliphatic heterocycles. The number of benzene rings is 1. The van der Waals surface area contributed by atoms with Crippen LogP contribution in [0.1, 0.15) is 26.5 Å². The molecule has 2 rings (SSSR count). The van der Waals surface area contributed by atoms with Gasteiger partial charge in [-0.2, -0.15) is 0 Å². The van der Waals surface area contributed by atoms with E-state index < -0.39 is 16.9 Å². The Bertz CT molecular complexity index is 752. The monoisotopic (exact) mass is 320 g/mol. The highest BCUT2D eigenvalue weighted by Crippen LogP contribution is 2.15. The van der Waals surface area contributed by atoms with Crippen LogP contribution in [0.15, 0.2) is 24.3 Å². The number of hydrogen-bond acceptors (Lipinski definition) is 8. The number of hydrogen-bond donors (Lipinski definition) is 0. The fourth-order valence-corrected chi connectivity index (χ4v) is 1.85. The van der Waals surface area contributed by atoms with Gasteiger partial charge in [0.15, 0.2) is 5.69 Å². The molecule has 0 amide bonds. The number of methoxy groups -OCH3 is 2. The molecule has 0 atom stereocenters. The number of carbonyl (C=O) groups excluding carboxylic acids is 2. The van der Waals surface area contributed by atoms with E-state index in [2.05, 4.69) is 19.8 Å². The highest BCUT2D eigenvalue weighted by Gasteiger charge is 2.26. The third-order valence-electron chi connectivity index (χ3n) is 2.97. The zero-order valence-electron chi connectivity index (χ0n) is 12.3. The molecule has 0 aliphatic carbocycles. The van der Waals surface area contributed by atoms with Crippen LogP contribution in [0.3, 0.4) is 0 Å². The first-order chi connectivity index (χ1) is 11.0. The molecule has 0 bridgehead atoms. The lowest BCUT2D eigenvalue weighted by Crippen LogP contribution is -2.17. The molecule has 0 radical (unpaired) electrons. The third-order valence-corrected chi connectivity index (χ3v) is 2.97. The fraction of sp³-hybridized carbons (Fsp3) is 0.231. The van der Waals surface area contributed by atoms with Gasteiger partial charge in [0, 0.05) is 12.1 Å². The van der Waals surface area contributed by atoms with Gasteiger partial charge in [0.25, 0.3) is 5.69 Å². The zero-order valence-corrected chi connectivity index (χ0v) is 12.3. The molecule has 0 aliphatic rings. The summed E-state index contributed by atoms with van der Waals surface area (Å²) in [6, 6.07) is 5.67. The van der Waals surface area contributed by atoms with Crippen LogP contribution in [0.4, 0.5) is 5.69 Å². The molecule has 2 aromatic rings. The van der Waals surface area contributed by atoms with Gasteiger partial charge in [0.05, 0.1) is 25.7 Å². The van der Waals surface area contributed by atoms with E-state index in [1.54, 1.807) is 0 Å². The summed E-state index contributed by atoms with van der Waals surface area (Å²) in [6.07, 6.45) is 0. The lowest BCUT2D eigenvalue weighted by atomic mass is 10.2. The maximum absolute atomic E-state index is 11.9. The van der Waals surface area contributed by atoms with Crippen LogP contribution in [0.2, 0.25) is 0 Å². The Morgan fingerprint density at radius 2 is 1.78 bits per heavy atom. The van der Waals surface area contributed by atoms with E-state index in [4.69, 9.17) is 0 Å². The Morgan fingerprint density at radius 1 is 1.17 bits per heavy atom. The normalized spacial score (nSPS) is 10.2. The molecule has 10 nitrogen and oxygen atoms in total. The topological polar surface area (TPSA) is 126 Å². The van der Waals surface area contributed by atoms with Crippen molar-refractivity contribution in [1.29, 1.82) is 0 Å². The largest absolute Gasteiger partial charge is 0.464 e. The van der Waals surface area contributed by atoms with Crippen LogP contribution in [0.25, 0.3) is 0 Å². The van der Waals surface area contributed by atoms with Gasteiger partial charge in [-0.3, -0.25) is 10.1 Å². The molecular weight excluding hydrogens is 308 g/mol.